The number of ether oxygens (including phenoxy) is 3. The quantitative estimate of drug-likeness (QED) is 0.0261. The molecule has 0 aromatic heterocycles. The monoisotopic (exact) mass is 1120 g/mol. The largest absolute Gasteiger partial charge is 0.462 e. The van der Waals surface area contributed by atoms with Crippen molar-refractivity contribution < 1.29 is 28.6 Å². The van der Waals surface area contributed by atoms with Crippen LogP contribution in [-0.2, 0) is 28.6 Å². The van der Waals surface area contributed by atoms with Crippen LogP contribution < -0.4 is 0 Å². The second-order valence-electron chi connectivity index (χ2n) is 22.7. The fourth-order valence-corrected chi connectivity index (χ4v) is 9.66. The maximum Gasteiger partial charge on any atom is 0.306 e. The van der Waals surface area contributed by atoms with Gasteiger partial charge in [0, 0.05) is 19.3 Å². The summed E-state index contributed by atoms with van der Waals surface area (Å²) in [4.78, 5) is 38.4. The van der Waals surface area contributed by atoms with Crippen LogP contribution >= 0.6 is 0 Å². The highest BCUT2D eigenvalue weighted by molar-refractivity contribution is 5.71. The molecule has 0 N–H and O–H groups in total. The van der Waals surface area contributed by atoms with E-state index in [0.29, 0.717) is 19.3 Å². The van der Waals surface area contributed by atoms with Gasteiger partial charge >= 0.3 is 17.9 Å². The molecule has 0 aromatic carbocycles. The fourth-order valence-electron chi connectivity index (χ4n) is 9.66. The van der Waals surface area contributed by atoms with Crippen LogP contribution in [0.15, 0.2) is 109 Å². The maximum atomic E-state index is 12.9. The number of carbonyl (C=O) groups excluding carboxylic acids is 3. The van der Waals surface area contributed by atoms with Crippen molar-refractivity contribution in [3.05, 3.63) is 109 Å². The first-order valence-electron chi connectivity index (χ1n) is 34.4. The molecule has 0 fully saturated rings. The molecule has 0 aromatic rings. The van der Waals surface area contributed by atoms with Gasteiger partial charge in [0.25, 0.3) is 0 Å². The van der Waals surface area contributed by atoms with Gasteiger partial charge in [-0.05, 0) is 122 Å². The molecule has 1 unspecified atom stereocenters. The van der Waals surface area contributed by atoms with E-state index in [0.717, 1.165) is 109 Å². The first-order chi connectivity index (χ1) is 40.0. The van der Waals surface area contributed by atoms with Crippen LogP contribution in [0.3, 0.4) is 0 Å². The van der Waals surface area contributed by atoms with E-state index < -0.39 is 6.10 Å². The average Bonchev–Trinajstić information content (AvgIpc) is 3.47. The smallest absolute Gasteiger partial charge is 0.306 e. The Kier molecular flexibility index (Phi) is 65.2. The second kappa shape index (κ2) is 68.6. The number of hydrogen-bond acceptors (Lipinski definition) is 6. The fraction of sp³-hybridized carbons (Fsp3) is 0.720. The minimum atomic E-state index is -0.798. The average molecular weight is 1130 g/mol. The van der Waals surface area contributed by atoms with Crippen molar-refractivity contribution in [3.63, 3.8) is 0 Å². The molecule has 464 valence electrons. The van der Waals surface area contributed by atoms with Gasteiger partial charge in [-0.2, -0.15) is 0 Å². The molecule has 0 saturated heterocycles. The summed E-state index contributed by atoms with van der Waals surface area (Å²) in [6.07, 6.45) is 94.0. The molecule has 0 aliphatic carbocycles. The standard InChI is InChI=1S/C75H128O6/c1-4-7-10-13-16-19-22-25-28-30-32-33-34-35-36-37-38-39-40-41-43-44-47-50-53-56-59-62-65-68-74(77)80-71-72(70-79-73(76)67-64-61-58-55-52-49-46-27-24-21-18-15-12-9-6-3)81-75(78)69-66-63-60-57-54-51-48-45-42-31-29-26-23-20-17-14-11-8-5-2/h7,9-10,12,16,18-19,21,25-29,32-33,46,52,55,72H,4-6,8,11,13-15,17,20,22-24,30-31,34-45,47-51,53-54,56-71H2,1-3H3/b10-7-,12-9-,19-16-,21-18-,28-25-,29-26-,33-32-,46-27-,55-52-. The van der Waals surface area contributed by atoms with Gasteiger partial charge in [0.2, 0.25) is 0 Å². The molecular weight excluding hydrogens is 997 g/mol. The van der Waals surface area contributed by atoms with E-state index in [1.807, 2.05) is 0 Å². The van der Waals surface area contributed by atoms with Crippen LogP contribution in [0.25, 0.3) is 0 Å². The van der Waals surface area contributed by atoms with Crippen molar-refractivity contribution in [1.82, 2.24) is 0 Å². The number of rotatable bonds is 62. The lowest BCUT2D eigenvalue weighted by Gasteiger charge is -2.18. The number of esters is 3. The Labute approximate surface area is 501 Å². The van der Waals surface area contributed by atoms with Gasteiger partial charge in [-0.25, -0.2) is 0 Å². The molecule has 0 aliphatic rings. The van der Waals surface area contributed by atoms with Crippen LogP contribution in [0.4, 0.5) is 0 Å². The first kappa shape index (κ1) is 77.1. The van der Waals surface area contributed by atoms with Crippen molar-refractivity contribution in [2.24, 2.45) is 0 Å². The third-order valence-corrected chi connectivity index (χ3v) is 14.7. The van der Waals surface area contributed by atoms with Crippen molar-refractivity contribution in [3.8, 4) is 0 Å². The summed E-state index contributed by atoms with van der Waals surface area (Å²) in [5, 5.41) is 0. The second-order valence-corrected chi connectivity index (χ2v) is 22.7. The van der Waals surface area contributed by atoms with Crippen molar-refractivity contribution in [1.29, 1.82) is 0 Å². The Bertz CT molecular complexity index is 1620. The van der Waals surface area contributed by atoms with E-state index in [1.165, 1.54) is 180 Å². The van der Waals surface area contributed by atoms with E-state index in [-0.39, 0.29) is 31.1 Å². The van der Waals surface area contributed by atoms with Gasteiger partial charge in [-0.3, -0.25) is 14.4 Å². The number of unbranched alkanes of at least 4 members (excludes halogenated alkanes) is 33. The van der Waals surface area contributed by atoms with E-state index in [1.54, 1.807) is 0 Å². The van der Waals surface area contributed by atoms with Crippen LogP contribution in [0, 0.1) is 0 Å². The lowest BCUT2D eigenvalue weighted by molar-refractivity contribution is -0.167. The minimum absolute atomic E-state index is 0.0904. The summed E-state index contributed by atoms with van der Waals surface area (Å²) in [5.74, 6) is -0.923. The maximum absolute atomic E-state index is 12.9. The molecular formula is C75H128O6. The van der Waals surface area contributed by atoms with Crippen LogP contribution in [0.2, 0.25) is 0 Å². The molecule has 6 nitrogen and oxygen atoms in total. The van der Waals surface area contributed by atoms with E-state index in [2.05, 4.69) is 130 Å². The van der Waals surface area contributed by atoms with Crippen LogP contribution in [0.5, 0.6) is 0 Å². The minimum Gasteiger partial charge on any atom is -0.462 e. The summed E-state index contributed by atoms with van der Waals surface area (Å²) < 4.78 is 16.9. The molecule has 0 aliphatic heterocycles. The van der Waals surface area contributed by atoms with Gasteiger partial charge in [0.05, 0.1) is 0 Å². The topological polar surface area (TPSA) is 78.9 Å². The highest BCUT2D eigenvalue weighted by Crippen LogP contribution is 2.17. The van der Waals surface area contributed by atoms with Gasteiger partial charge in [0.15, 0.2) is 6.10 Å². The van der Waals surface area contributed by atoms with E-state index in [4.69, 9.17) is 14.2 Å². The predicted octanol–water partition coefficient (Wildman–Crippen LogP) is 23.8. The van der Waals surface area contributed by atoms with E-state index >= 15 is 0 Å². The molecule has 0 radical (unpaired) electrons. The van der Waals surface area contributed by atoms with Gasteiger partial charge in [-0.15, -0.1) is 0 Å². The summed E-state index contributed by atoms with van der Waals surface area (Å²) >= 11 is 0. The first-order valence-corrected chi connectivity index (χ1v) is 34.4. The van der Waals surface area contributed by atoms with Gasteiger partial charge in [-0.1, -0.05) is 297 Å². The summed E-state index contributed by atoms with van der Waals surface area (Å²) in [6, 6.07) is 0. The molecule has 6 heteroatoms. The molecule has 0 amide bonds. The zero-order valence-electron chi connectivity index (χ0n) is 53.3. The Morgan fingerprint density at radius 3 is 0.790 bits per heavy atom. The molecule has 81 heavy (non-hydrogen) atoms. The number of hydrogen-bond donors (Lipinski definition) is 0. The Hall–Kier alpha value is -3.93. The van der Waals surface area contributed by atoms with Crippen LogP contribution in [0.1, 0.15) is 329 Å². The van der Waals surface area contributed by atoms with Gasteiger partial charge in [0.1, 0.15) is 13.2 Å². The summed E-state index contributed by atoms with van der Waals surface area (Å²) in [5.41, 5.74) is 0. The highest BCUT2D eigenvalue weighted by Gasteiger charge is 2.19. The molecule has 0 bridgehead atoms. The van der Waals surface area contributed by atoms with E-state index in [9.17, 15) is 14.4 Å². The van der Waals surface area contributed by atoms with Crippen molar-refractivity contribution >= 4 is 17.9 Å². The highest BCUT2D eigenvalue weighted by atomic mass is 16.6. The number of allylic oxidation sites excluding steroid dienone is 18. The van der Waals surface area contributed by atoms with Crippen molar-refractivity contribution in [2.75, 3.05) is 13.2 Å². The molecule has 0 heterocycles. The third-order valence-electron chi connectivity index (χ3n) is 14.7. The lowest BCUT2D eigenvalue weighted by atomic mass is 10.0. The molecule has 1 atom stereocenters. The Balaban J connectivity index is 4.30. The Morgan fingerprint density at radius 2 is 0.481 bits per heavy atom. The lowest BCUT2D eigenvalue weighted by Crippen LogP contribution is -2.30. The molecule has 0 spiro atoms. The SMILES string of the molecule is CC/C=C\C/C=C\C/C=C\C/C=C\CCCCCCCCCCCCCCCCCCC(=O)OCC(COC(=O)CCCC/C=C\C/C=C\C/C=C\C/C=C\CC)OC(=O)CCCCCCCCCCC/C=C\CCCCCCCC. The zero-order chi connectivity index (χ0) is 58.5. The third kappa shape index (κ3) is 66.8. The Morgan fingerprint density at radius 1 is 0.259 bits per heavy atom. The summed E-state index contributed by atoms with van der Waals surface area (Å²) in [6.45, 7) is 6.41. The number of carbonyl (C=O) groups is 3. The van der Waals surface area contributed by atoms with Gasteiger partial charge < -0.3 is 14.2 Å². The normalized spacial score (nSPS) is 12.8. The van der Waals surface area contributed by atoms with Crippen LogP contribution in [-0.4, -0.2) is 37.2 Å². The zero-order valence-corrected chi connectivity index (χ0v) is 53.3. The summed E-state index contributed by atoms with van der Waals surface area (Å²) in [7, 11) is 0. The van der Waals surface area contributed by atoms with Crippen molar-refractivity contribution in [2.45, 2.75) is 335 Å². The molecule has 0 saturated carbocycles. The predicted molar refractivity (Wildman–Crippen MR) is 353 cm³/mol. The molecule has 0 rings (SSSR count).